The van der Waals surface area contributed by atoms with E-state index < -0.39 is 0 Å². The predicted molar refractivity (Wildman–Crippen MR) is 80.2 cm³/mol. The van der Waals surface area contributed by atoms with Gasteiger partial charge in [-0.1, -0.05) is 49.8 Å². The first-order valence-corrected chi connectivity index (χ1v) is 7.31. The number of hydrogen-bond donors (Lipinski definition) is 0. The van der Waals surface area contributed by atoms with Crippen molar-refractivity contribution in [2.24, 2.45) is 0 Å². The average Bonchev–Trinajstić information content (AvgIpc) is 2.82. The second kappa shape index (κ2) is 4.10. The van der Waals surface area contributed by atoms with Crippen molar-refractivity contribution in [3.05, 3.63) is 63.4 Å². The summed E-state index contributed by atoms with van der Waals surface area (Å²) in [6, 6.07) is 11.2. The summed E-state index contributed by atoms with van der Waals surface area (Å²) < 4.78 is 0. The number of aryl methyl sites for hydroxylation is 1. The van der Waals surface area contributed by atoms with Gasteiger partial charge in [0.15, 0.2) is 0 Å². The normalized spacial score (nSPS) is 17.2. The first-order chi connectivity index (χ1) is 8.58. The summed E-state index contributed by atoms with van der Waals surface area (Å²) in [7, 11) is 0. The number of hydrogen-bond acceptors (Lipinski definition) is 1. The molecule has 18 heavy (non-hydrogen) atoms. The minimum absolute atomic E-state index is 0.254. The van der Waals surface area contributed by atoms with Crippen LogP contribution in [0.25, 0.3) is 5.57 Å². The monoisotopic (exact) mass is 254 g/mol. The number of allylic oxidation sites excluding steroid dienone is 1. The molecule has 0 fully saturated rings. The molecule has 0 amide bonds. The largest absolute Gasteiger partial charge is 0.144 e. The molecule has 1 aromatic carbocycles. The van der Waals surface area contributed by atoms with Gasteiger partial charge < -0.3 is 0 Å². The van der Waals surface area contributed by atoms with Crippen LogP contribution in [0.15, 0.2) is 41.8 Å². The standard InChI is InChI=1S/C17H18S/c1-12-6-7-15-14(11-12)13(8-9-17(15,2)3)16-5-4-10-18-16/h4-8,10-11H,9H2,1-3H3. The third kappa shape index (κ3) is 1.83. The van der Waals surface area contributed by atoms with E-state index in [1.165, 1.54) is 27.1 Å². The highest BCUT2D eigenvalue weighted by molar-refractivity contribution is 7.11. The molecule has 0 saturated heterocycles. The molecule has 3 rings (SSSR count). The van der Waals surface area contributed by atoms with Gasteiger partial charge in [0.1, 0.15) is 0 Å². The molecule has 1 heterocycles. The average molecular weight is 254 g/mol. The van der Waals surface area contributed by atoms with Crippen molar-refractivity contribution in [1.29, 1.82) is 0 Å². The third-order valence-electron chi connectivity index (χ3n) is 3.80. The van der Waals surface area contributed by atoms with E-state index in [1.54, 1.807) is 0 Å². The molecule has 0 atom stereocenters. The van der Waals surface area contributed by atoms with Crippen molar-refractivity contribution in [2.45, 2.75) is 32.6 Å². The summed E-state index contributed by atoms with van der Waals surface area (Å²) in [5, 5.41) is 2.16. The molecular formula is C17H18S. The molecular weight excluding hydrogens is 236 g/mol. The van der Waals surface area contributed by atoms with Crippen molar-refractivity contribution in [1.82, 2.24) is 0 Å². The van der Waals surface area contributed by atoms with E-state index in [1.807, 2.05) is 11.3 Å². The van der Waals surface area contributed by atoms with Gasteiger partial charge in [-0.3, -0.25) is 0 Å². The van der Waals surface area contributed by atoms with E-state index in [2.05, 4.69) is 62.6 Å². The fourth-order valence-electron chi connectivity index (χ4n) is 2.71. The van der Waals surface area contributed by atoms with Crippen molar-refractivity contribution in [3.8, 4) is 0 Å². The van der Waals surface area contributed by atoms with Gasteiger partial charge in [0.05, 0.1) is 0 Å². The van der Waals surface area contributed by atoms with Crippen LogP contribution in [-0.2, 0) is 5.41 Å². The second-order valence-electron chi connectivity index (χ2n) is 5.73. The zero-order valence-corrected chi connectivity index (χ0v) is 12.0. The molecule has 0 nitrogen and oxygen atoms in total. The maximum atomic E-state index is 2.41. The highest BCUT2D eigenvalue weighted by Gasteiger charge is 2.28. The lowest BCUT2D eigenvalue weighted by Gasteiger charge is -2.32. The van der Waals surface area contributed by atoms with Crippen LogP contribution in [0, 0.1) is 6.92 Å². The molecule has 2 aromatic rings. The van der Waals surface area contributed by atoms with E-state index in [9.17, 15) is 0 Å². The Hall–Kier alpha value is -1.34. The molecule has 0 saturated carbocycles. The van der Waals surface area contributed by atoms with Crippen LogP contribution in [0.2, 0.25) is 0 Å². The van der Waals surface area contributed by atoms with E-state index in [-0.39, 0.29) is 5.41 Å². The quantitative estimate of drug-likeness (QED) is 0.658. The topological polar surface area (TPSA) is 0 Å². The van der Waals surface area contributed by atoms with Crippen molar-refractivity contribution < 1.29 is 0 Å². The minimum Gasteiger partial charge on any atom is -0.144 e. The molecule has 0 spiro atoms. The molecule has 1 aromatic heterocycles. The Morgan fingerprint density at radius 2 is 2.00 bits per heavy atom. The van der Waals surface area contributed by atoms with Gasteiger partial charge in [-0.2, -0.15) is 0 Å². The molecule has 1 aliphatic rings. The summed E-state index contributed by atoms with van der Waals surface area (Å²) in [6.45, 7) is 6.85. The van der Waals surface area contributed by atoms with E-state index in [4.69, 9.17) is 0 Å². The zero-order chi connectivity index (χ0) is 12.8. The fourth-order valence-corrected chi connectivity index (χ4v) is 3.49. The highest BCUT2D eigenvalue weighted by atomic mass is 32.1. The molecule has 1 aliphatic carbocycles. The van der Waals surface area contributed by atoms with Crippen molar-refractivity contribution >= 4 is 16.9 Å². The maximum Gasteiger partial charge on any atom is 0.0345 e. The summed E-state index contributed by atoms with van der Waals surface area (Å²) >= 11 is 1.83. The van der Waals surface area contributed by atoms with Crippen LogP contribution < -0.4 is 0 Å². The molecule has 0 unspecified atom stereocenters. The van der Waals surface area contributed by atoms with Gasteiger partial charge in [-0.25, -0.2) is 0 Å². The lowest BCUT2D eigenvalue weighted by Crippen LogP contribution is -2.21. The lowest BCUT2D eigenvalue weighted by molar-refractivity contribution is 0.527. The molecule has 0 N–H and O–H groups in total. The maximum absolute atomic E-state index is 2.41. The molecule has 92 valence electrons. The van der Waals surface area contributed by atoms with E-state index >= 15 is 0 Å². The number of benzene rings is 1. The van der Waals surface area contributed by atoms with Crippen LogP contribution in [0.1, 0.15) is 41.8 Å². The minimum atomic E-state index is 0.254. The molecule has 1 heteroatoms. The Morgan fingerprint density at radius 1 is 1.17 bits per heavy atom. The zero-order valence-electron chi connectivity index (χ0n) is 11.2. The number of rotatable bonds is 1. The highest BCUT2D eigenvalue weighted by Crippen LogP contribution is 2.42. The first-order valence-electron chi connectivity index (χ1n) is 6.43. The lowest BCUT2D eigenvalue weighted by atomic mass is 9.73. The van der Waals surface area contributed by atoms with Crippen LogP contribution in [0.3, 0.4) is 0 Å². The predicted octanol–water partition coefficient (Wildman–Crippen LogP) is 5.17. The van der Waals surface area contributed by atoms with Gasteiger partial charge in [-0.15, -0.1) is 11.3 Å². The van der Waals surface area contributed by atoms with E-state index in [0.29, 0.717) is 0 Å². The third-order valence-corrected chi connectivity index (χ3v) is 4.70. The van der Waals surface area contributed by atoms with Crippen molar-refractivity contribution in [2.75, 3.05) is 0 Å². The first kappa shape index (κ1) is 11.7. The Bertz CT molecular complexity index is 601. The number of thiophene rings is 1. The Balaban J connectivity index is 2.22. The van der Waals surface area contributed by atoms with Crippen LogP contribution in [0.5, 0.6) is 0 Å². The Kier molecular flexibility index (Phi) is 2.67. The van der Waals surface area contributed by atoms with Gasteiger partial charge in [-0.05, 0) is 46.9 Å². The Labute approximate surface area is 113 Å². The molecule has 0 bridgehead atoms. The summed E-state index contributed by atoms with van der Waals surface area (Å²) in [4.78, 5) is 1.39. The van der Waals surface area contributed by atoms with Crippen LogP contribution in [-0.4, -0.2) is 0 Å². The second-order valence-corrected chi connectivity index (χ2v) is 6.68. The smallest absolute Gasteiger partial charge is 0.0345 e. The summed E-state index contributed by atoms with van der Waals surface area (Å²) in [6.07, 6.45) is 3.53. The van der Waals surface area contributed by atoms with Gasteiger partial charge in [0.2, 0.25) is 0 Å². The van der Waals surface area contributed by atoms with Crippen LogP contribution in [0.4, 0.5) is 0 Å². The SMILES string of the molecule is Cc1ccc2c(c1)C(c1cccs1)=CCC2(C)C. The molecule has 0 aliphatic heterocycles. The fraction of sp³-hybridized carbons (Fsp3) is 0.294. The van der Waals surface area contributed by atoms with Crippen LogP contribution >= 0.6 is 11.3 Å². The van der Waals surface area contributed by atoms with Crippen molar-refractivity contribution in [3.63, 3.8) is 0 Å². The van der Waals surface area contributed by atoms with E-state index in [0.717, 1.165) is 6.42 Å². The van der Waals surface area contributed by atoms with Gasteiger partial charge in [0, 0.05) is 4.88 Å². The van der Waals surface area contributed by atoms with Gasteiger partial charge >= 0.3 is 0 Å². The Morgan fingerprint density at radius 3 is 2.72 bits per heavy atom. The number of fused-ring (bicyclic) bond motifs is 1. The van der Waals surface area contributed by atoms with Gasteiger partial charge in [0.25, 0.3) is 0 Å². The summed E-state index contributed by atoms with van der Waals surface area (Å²) in [5.41, 5.74) is 5.92. The summed E-state index contributed by atoms with van der Waals surface area (Å²) in [5.74, 6) is 0. The molecule has 0 radical (unpaired) electrons.